The predicted octanol–water partition coefficient (Wildman–Crippen LogP) is 0.300. The van der Waals surface area contributed by atoms with Gasteiger partial charge in [0.25, 0.3) is 5.91 Å². The molecule has 20 heavy (non-hydrogen) atoms. The number of carbonyl (C=O) groups excluding carboxylic acids is 1. The minimum absolute atomic E-state index is 0.0796. The molecular weight excluding hydrogens is 287 g/mol. The molecule has 0 aliphatic carbocycles. The Balaban J connectivity index is 2.32. The average molecular weight is 302 g/mol. The summed E-state index contributed by atoms with van der Waals surface area (Å²) in [7, 11) is -4.08. The second-order valence-electron chi connectivity index (χ2n) is 4.66. The molecule has 1 atom stereocenters. The number of sulfonamides is 1. The first-order valence-corrected chi connectivity index (χ1v) is 7.55. The van der Waals surface area contributed by atoms with Crippen LogP contribution in [0.15, 0.2) is 17.0 Å². The molecule has 0 bridgehead atoms. The second kappa shape index (κ2) is 5.47. The third kappa shape index (κ3) is 3.14. The Labute approximate surface area is 116 Å². The van der Waals surface area contributed by atoms with Crippen LogP contribution in [0.3, 0.4) is 0 Å². The van der Waals surface area contributed by atoms with Gasteiger partial charge in [0.05, 0.1) is 17.5 Å². The van der Waals surface area contributed by atoms with Gasteiger partial charge < -0.3 is 10.1 Å². The van der Waals surface area contributed by atoms with Crippen molar-refractivity contribution in [2.24, 2.45) is 5.14 Å². The van der Waals surface area contributed by atoms with Crippen LogP contribution < -0.4 is 10.5 Å². The normalized spacial score (nSPS) is 19.1. The van der Waals surface area contributed by atoms with Crippen LogP contribution in [0.5, 0.6) is 0 Å². The van der Waals surface area contributed by atoms with Crippen molar-refractivity contribution in [1.29, 1.82) is 0 Å². The van der Waals surface area contributed by atoms with E-state index in [1.165, 1.54) is 6.92 Å². The zero-order chi connectivity index (χ0) is 14.9. The number of nitrogens with two attached hydrogens (primary N) is 1. The van der Waals surface area contributed by atoms with Gasteiger partial charge in [-0.25, -0.2) is 17.9 Å². The first-order valence-electron chi connectivity index (χ1n) is 6.00. The number of halogens is 1. The van der Waals surface area contributed by atoms with Crippen LogP contribution in [0.1, 0.15) is 22.3 Å². The van der Waals surface area contributed by atoms with Gasteiger partial charge in [0.2, 0.25) is 10.0 Å². The lowest BCUT2D eigenvalue weighted by atomic mass is 10.1. The molecule has 6 nitrogen and oxygen atoms in total. The Morgan fingerprint density at radius 2 is 2.20 bits per heavy atom. The van der Waals surface area contributed by atoms with Gasteiger partial charge in [-0.05, 0) is 25.5 Å². The predicted molar refractivity (Wildman–Crippen MR) is 69.2 cm³/mol. The van der Waals surface area contributed by atoms with Gasteiger partial charge in [-0.15, -0.1) is 0 Å². The number of rotatable bonds is 3. The van der Waals surface area contributed by atoms with Crippen molar-refractivity contribution in [3.63, 3.8) is 0 Å². The third-order valence-electron chi connectivity index (χ3n) is 3.13. The number of nitrogens with one attached hydrogen (secondary N) is 1. The Morgan fingerprint density at radius 1 is 1.50 bits per heavy atom. The highest BCUT2D eigenvalue weighted by molar-refractivity contribution is 7.89. The van der Waals surface area contributed by atoms with Gasteiger partial charge in [0.15, 0.2) is 0 Å². The lowest BCUT2D eigenvalue weighted by molar-refractivity contribution is 0.0929. The second-order valence-corrected chi connectivity index (χ2v) is 6.19. The van der Waals surface area contributed by atoms with Crippen LogP contribution in [0, 0.1) is 12.7 Å². The Kier molecular flexibility index (Phi) is 4.07. The van der Waals surface area contributed by atoms with Crippen LogP contribution in [-0.4, -0.2) is 33.6 Å². The molecule has 1 aliphatic heterocycles. The van der Waals surface area contributed by atoms with E-state index >= 15 is 0 Å². The Hall–Kier alpha value is -1.51. The van der Waals surface area contributed by atoms with Gasteiger partial charge in [-0.1, -0.05) is 0 Å². The van der Waals surface area contributed by atoms with Gasteiger partial charge in [0.1, 0.15) is 5.82 Å². The first-order chi connectivity index (χ1) is 9.29. The minimum Gasteiger partial charge on any atom is -0.379 e. The highest BCUT2D eigenvalue weighted by Gasteiger charge is 2.22. The van der Waals surface area contributed by atoms with Crippen LogP contribution in [0.2, 0.25) is 0 Å². The summed E-state index contributed by atoms with van der Waals surface area (Å²) in [5.41, 5.74) is -0.183. The summed E-state index contributed by atoms with van der Waals surface area (Å²) in [6.45, 7) is 2.24. The van der Waals surface area contributed by atoms with E-state index in [0.29, 0.717) is 19.6 Å². The quantitative estimate of drug-likeness (QED) is 0.839. The summed E-state index contributed by atoms with van der Waals surface area (Å²) >= 11 is 0. The van der Waals surface area contributed by atoms with E-state index in [9.17, 15) is 17.6 Å². The summed E-state index contributed by atoms with van der Waals surface area (Å²) in [6.07, 6.45) is 0.669. The summed E-state index contributed by atoms with van der Waals surface area (Å²) < 4.78 is 41.6. The van der Waals surface area contributed by atoms with E-state index < -0.39 is 21.7 Å². The zero-order valence-corrected chi connectivity index (χ0v) is 11.7. The molecule has 1 aromatic carbocycles. The van der Waals surface area contributed by atoms with Crippen LogP contribution in [0.25, 0.3) is 0 Å². The van der Waals surface area contributed by atoms with Crippen LogP contribution >= 0.6 is 0 Å². The fourth-order valence-corrected chi connectivity index (χ4v) is 2.81. The molecule has 1 unspecified atom stereocenters. The summed E-state index contributed by atoms with van der Waals surface area (Å²) in [4.78, 5) is 11.6. The lowest BCUT2D eigenvalue weighted by Crippen LogP contribution is -2.35. The molecule has 8 heteroatoms. The van der Waals surface area contributed by atoms with Crippen molar-refractivity contribution in [2.45, 2.75) is 24.3 Å². The topological polar surface area (TPSA) is 98.5 Å². The number of ether oxygens (including phenoxy) is 1. The molecule has 0 spiro atoms. The van der Waals surface area contributed by atoms with Crippen molar-refractivity contribution in [3.05, 3.63) is 29.1 Å². The van der Waals surface area contributed by atoms with Crippen molar-refractivity contribution >= 4 is 15.9 Å². The molecule has 0 aromatic heterocycles. The van der Waals surface area contributed by atoms with Gasteiger partial charge in [-0.3, -0.25) is 4.79 Å². The smallest absolute Gasteiger partial charge is 0.251 e. The number of primary sulfonamides is 1. The molecule has 1 amide bonds. The standard InChI is InChI=1S/C12H15FN2O4S/c1-7-10(13)4-8(5-11(7)20(14,17)18)12(16)15-9-2-3-19-6-9/h4-5,9H,2-3,6H2,1H3,(H,15,16)(H2,14,17,18). The van der Waals surface area contributed by atoms with E-state index in [0.717, 1.165) is 12.1 Å². The fraction of sp³-hybridized carbons (Fsp3) is 0.417. The number of hydrogen-bond donors (Lipinski definition) is 2. The molecule has 110 valence electrons. The van der Waals surface area contributed by atoms with Gasteiger partial charge >= 0.3 is 0 Å². The molecule has 0 radical (unpaired) electrons. The SMILES string of the molecule is Cc1c(F)cc(C(=O)NC2CCOC2)cc1S(N)(=O)=O. The van der Waals surface area contributed by atoms with Crippen molar-refractivity contribution < 1.29 is 22.3 Å². The molecule has 1 aromatic rings. The van der Waals surface area contributed by atoms with Crippen molar-refractivity contribution in [2.75, 3.05) is 13.2 Å². The molecule has 1 saturated heterocycles. The first kappa shape index (κ1) is 14.9. The van der Waals surface area contributed by atoms with E-state index in [1.807, 2.05) is 0 Å². The molecule has 1 aliphatic rings. The maximum absolute atomic E-state index is 13.7. The minimum atomic E-state index is -4.08. The van der Waals surface area contributed by atoms with Crippen molar-refractivity contribution in [1.82, 2.24) is 5.32 Å². The van der Waals surface area contributed by atoms with Gasteiger partial charge in [0, 0.05) is 17.7 Å². The number of hydrogen-bond acceptors (Lipinski definition) is 4. The molecule has 3 N–H and O–H groups in total. The Morgan fingerprint density at radius 3 is 2.75 bits per heavy atom. The lowest BCUT2D eigenvalue weighted by Gasteiger charge is -2.12. The van der Waals surface area contributed by atoms with Crippen LogP contribution in [-0.2, 0) is 14.8 Å². The maximum Gasteiger partial charge on any atom is 0.251 e. The molecule has 1 heterocycles. The summed E-state index contributed by atoms with van der Waals surface area (Å²) in [5, 5.41) is 7.67. The molecule has 0 saturated carbocycles. The number of carbonyl (C=O) groups is 1. The van der Waals surface area contributed by atoms with Crippen molar-refractivity contribution in [3.8, 4) is 0 Å². The van der Waals surface area contributed by atoms with E-state index in [1.54, 1.807) is 0 Å². The van der Waals surface area contributed by atoms with E-state index in [-0.39, 0.29) is 22.1 Å². The summed E-state index contributed by atoms with van der Waals surface area (Å²) in [5.74, 6) is -1.34. The summed E-state index contributed by atoms with van der Waals surface area (Å²) in [6, 6.07) is 1.93. The molecular formula is C12H15FN2O4S. The zero-order valence-electron chi connectivity index (χ0n) is 10.8. The third-order valence-corrected chi connectivity index (χ3v) is 4.17. The molecule has 1 fully saturated rings. The van der Waals surface area contributed by atoms with E-state index in [2.05, 4.69) is 5.32 Å². The van der Waals surface area contributed by atoms with Gasteiger partial charge in [-0.2, -0.15) is 0 Å². The monoisotopic (exact) mass is 302 g/mol. The number of amides is 1. The maximum atomic E-state index is 13.7. The Bertz CT molecular complexity index is 639. The number of benzene rings is 1. The van der Waals surface area contributed by atoms with Crippen LogP contribution in [0.4, 0.5) is 4.39 Å². The highest BCUT2D eigenvalue weighted by Crippen LogP contribution is 2.19. The molecule has 2 rings (SSSR count). The largest absolute Gasteiger partial charge is 0.379 e. The highest BCUT2D eigenvalue weighted by atomic mass is 32.2. The van der Waals surface area contributed by atoms with E-state index in [4.69, 9.17) is 9.88 Å². The average Bonchev–Trinajstić information content (AvgIpc) is 2.83. The fourth-order valence-electron chi connectivity index (χ4n) is 2.00.